The second kappa shape index (κ2) is 6.46. The van der Waals surface area contributed by atoms with Gasteiger partial charge in [-0.1, -0.05) is 23.7 Å². The topological polar surface area (TPSA) is 57.9 Å². The Morgan fingerprint density at radius 1 is 1.12 bits per heavy atom. The number of nitrogens with zero attached hydrogens (tertiary/aromatic N) is 2. The number of aromatic amines is 1. The van der Waals surface area contributed by atoms with Crippen LogP contribution in [-0.4, -0.2) is 23.1 Å². The molecule has 1 fully saturated rings. The van der Waals surface area contributed by atoms with Gasteiger partial charge in [-0.25, -0.2) is 4.98 Å². The van der Waals surface area contributed by atoms with Crippen molar-refractivity contribution in [1.82, 2.24) is 9.97 Å². The average molecular weight is 341 g/mol. The first-order chi connectivity index (χ1) is 11.7. The summed E-state index contributed by atoms with van der Waals surface area (Å²) >= 11 is 5.97. The van der Waals surface area contributed by atoms with Gasteiger partial charge < -0.3 is 15.6 Å². The smallest absolute Gasteiger partial charge is 0.139 e. The molecule has 1 aliphatic rings. The number of piperidine rings is 1. The van der Waals surface area contributed by atoms with Gasteiger partial charge in [0.05, 0.1) is 0 Å². The van der Waals surface area contributed by atoms with Crippen LogP contribution >= 0.6 is 11.6 Å². The molecule has 1 aromatic carbocycles. The van der Waals surface area contributed by atoms with Gasteiger partial charge in [0.15, 0.2) is 0 Å². The van der Waals surface area contributed by atoms with Crippen molar-refractivity contribution in [2.24, 2.45) is 11.7 Å². The summed E-state index contributed by atoms with van der Waals surface area (Å²) in [5.74, 6) is 0.506. The van der Waals surface area contributed by atoms with E-state index >= 15 is 0 Å². The SMILES string of the molecule is NC(c1ccc(Cl)cc1)C1CCN(c2ccnc3[nH]ccc23)CC1. The van der Waals surface area contributed by atoms with Crippen LogP contribution in [-0.2, 0) is 0 Å². The summed E-state index contributed by atoms with van der Waals surface area (Å²) in [5, 5.41) is 1.95. The van der Waals surface area contributed by atoms with Gasteiger partial charge >= 0.3 is 0 Å². The number of H-pyrrole nitrogens is 1. The average Bonchev–Trinajstić information content (AvgIpc) is 3.11. The lowest BCUT2D eigenvalue weighted by atomic mass is 9.86. The first-order valence-corrected chi connectivity index (χ1v) is 8.78. The summed E-state index contributed by atoms with van der Waals surface area (Å²) in [6, 6.07) is 12.2. The minimum Gasteiger partial charge on any atom is -0.371 e. The van der Waals surface area contributed by atoms with Crippen LogP contribution in [0.3, 0.4) is 0 Å². The Morgan fingerprint density at radius 3 is 2.62 bits per heavy atom. The van der Waals surface area contributed by atoms with E-state index < -0.39 is 0 Å². The van der Waals surface area contributed by atoms with Crippen LogP contribution in [0.4, 0.5) is 5.69 Å². The van der Waals surface area contributed by atoms with Gasteiger partial charge in [-0.2, -0.15) is 0 Å². The molecule has 124 valence electrons. The van der Waals surface area contributed by atoms with E-state index in [1.54, 1.807) is 0 Å². The van der Waals surface area contributed by atoms with Crippen molar-refractivity contribution in [1.29, 1.82) is 0 Å². The molecule has 1 unspecified atom stereocenters. The monoisotopic (exact) mass is 340 g/mol. The van der Waals surface area contributed by atoms with Crippen molar-refractivity contribution in [2.45, 2.75) is 18.9 Å². The molecule has 0 saturated carbocycles. The van der Waals surface area contributed by atoms with Crippen LogP contribution in [0.2, 0.25) is 5.02 Å². The number of benzene rings is 1. The molecule has 0 amide bonds. The number of hydrogen-bond acceptors (Lipinski definition) is 3. The molecule has 4 rings (SSSR count). The third-order valence-corrected chi connectivity index (χ3v) is 5.33. The number of anilines is 1. The number of nitrogens with one attached hydrogen (secondary N) is 1. The van der Waals surface area contributed by atoms with Crippen LogP contribution < -0.4 is 10.6 Å². The minimum absolute atomic E-state index is 0.0779. The normalized spacial score (nSPS) is 17.3. The van der Waals surface area contributed by atoms with E-state index in [0.29, 0.717) is 5.92 Å². The molecule has 4 nitrogen and oxygen atoms in total. The molecule has 24 heavy (non-hydrogen) atoms. The molecule has 0 aliphatic carbocycles. The Bertz CT molecular complexity index is 819. The molecule has 1 saturated heterocycles. The van der Waals surface area contributed by atoms with Crippen molar-refractivity contribution in [3.63, 3.8) is 0 Å². The van der Waals surface area contributed by atoms with Crippen LogP contribution in [0.15, 0.2) is 48.8 Å². The predicted octanol–water partition coefficient (Wildman–Crippen LogP) is 4.13. The zero-order chi connectivity index (χ0) is 16.5. The van der Waals surface area contributed by atoms with Crippen LogP contribution in [0.25, 0.3) is 11.0 Å². The number of nitrogens with two attached hydrogens (primary N) is 1. The molecule has 0 bridgehead atoms. The number of hydrogen-bond donors (Lipinski definition) is 2. The summed E-state index contributed by atoms with van der Waals surface area (Å²) < 4.78 is 0. The van der Waals surface area contributed by atoms with Crippen LogP contribution in [0, 0.1) is 5.92 Å². The van der Waals surface area contributed by atoms with Gasteiger partial charge in [0.2, 0.25) is 0 Å². The number of halogens is 1. The van der Waals surface area contributed by atoms with E-state index in [0.717, 1.165) is 36.6 Å². The highest BCUT2D eigenvalue weighted by Crippen LogP contribution is 2.33. The molecule has 0 radical (unpaired) electrons. The lowest BCUT2D eigenvalue weighted by molar-refractivity contribution is 0.345. The number of rotatable bonds is 3. The molecule has 1 atom stereocenters. The predicted molar refractivity (Wildman–Crippen MR) is 99.4 cm³/mol. The van der Waals surface area contributed by atoms with E-state index in [1.807, 2.05) is 36.7 Å². The van der Waals surface area contributed by atoms with Gasteiger partial charge in [-0.3, -0.25) is 0 Å². The van der Waals surface area contributed by atoms with Crippen molar-refractivity contribution < 1.29 is 0 Å². The van der Waals surface area contributed by atoms with E-state index in [2.05, 4.69) is 27.0 Å². The molecule has 1 aliphatic heterocycles. The molecule has 3 heterocycles. The second-order valence-corrected chi connectivity index (χ2v) is 6.91. The number of fused-ring (bicyclic) bond motifs is 1. The van der Waals surface area contributed by atoms with Crippen molar-refractivity contribution in [2.75, 3.05) is 18.0 Å². The lowest BCUT2D eigenvalue weighted by Crippen LogP contribution is -2.37. The van der Waals surface area contributed by atoms with Crippen molar-refractivity contribution in [3.05, 3.63) is 59.4 Å². The Morgan fingerprint density at radius 2 is 1.88 bits per heavy atom. The maximum absolute atomic E-state index is 6.50. The first kappa shape index (κ1) is 15.5. The summed E-state index contributed by atoms with van der Waals surface area (Å²) in [6.07, 6.45) is 6.01. The summed E-state index contributed by atoms with van der Waals surface area (Å²) in [6.45, 7) is 2.05. The van der Waals surface area contributed by atoms with E-state index in [1.165, 1.54) is 16.6 Å². The lowest BCUT2D eigenvalue weighted by Gasteiger charge is -2.36. The fourth-order valence-corrected chi connectivity index (χ4v) is 3.80. The first-order valence-electron chi connectivity index (χ1n) is 8.40. The number of pyridine rings is 1. The Balaban J connectivity index is 1.47. The van der Waals surface area contributed by atoms with E-state index in [9.17, 15) is 0 Å². The largest absolute Gasteiger partial charge is 0.371 e. The maximum atomic E-state index is 6.50. The quantitative estimate of drug-likeness (QED) is 0.753. The van der Waals surface area contributed by atoms with Crippen LogP contribution in [0.1, 0.15) is 24.4 Å². The third-order valence-electron chi connectivity index (χ3n) is 5.08. The zero-order valence-corrected chi connectivity index (χ0v) is 14.2. The zero-order valence-electron chi connectivity index (χ0n) is 13.5. The highest BCUT2D eigenvalue weighted by atomic mass is 35.5. The highest BCUT2D eigenvalue weighted by molar-refractivity contribution is 6.30. The fraction of sp³-hybridized carbons (Fsp3) is 0.316. The molecular weight excluding hydrogens is 320 g/mol. The van der Waals surface area contributed by atoms with Gasteiger partial charge in [-0.15, -0.1) is 0 Å². The van der Waals surface area contributed by atoms with Crippen molar-refractivity contribution >= 4 is 28.3 Å². The molecule has 0 spiro atoms. The standard InChI is InChI=1S/C19H21ClN4/c20-15-3-1-13(2-4-15)18(21)14-7-11-24(12-8-14)17-6-10-23-19-16(17)5-9-22-19/h1-6,9-10,14,18H,7-8,11-12,21H2,(H,22,23). The highest BCUT2D eigenvalue weighted by Gasteiger charge is 2.26. The van der Waals surface area contributed by atoms with Gasteiger partial charge in [-0.05, 0) is 48.6 Å². The molecule has 2 aromatic heterocycles. The van der Waals surface area contributed by atoms with Crippen LogP contribution in [0.5, 0.6) is 0 Å². The maximum Gasteiger partial charge on any atom is 0.139 e. The summed E-state index contributed by atoms with van der Waals surface area (Å²) in [7, 11) is 0. The molecule has 3 N–H and O–H groups in total. The summed E-state index contributed by atoms with van der Waals surface area (Å²) in [5.41, 5.74) is 9.89. The van der Waals surface area contributed by atoms with Gasteiger partial charge in [0.1, 0.15) is 5.65 Å². The van der Waals surface area contributed by atoms with Gasteiger partial charge in [0, 0.05) is 47.6 Å². The molecule has 5 heteroatoms. The third kappa shape index (κ3) is 2.87. The Hall–Kier alpha value is -2.04. The minimum atomic E-state index is 0.0779. The second-order valence-electron chi connectivity index (χ2n) is 6.47. The van der Waals surface area contributed by atoms with Gasteiger partial charge in [0.25, 0.3) is 0 Å². The Kier molecular flexibility index (Phi) is 4.17. The van der Waals surface area contributed by atoms with Crippen molar-refractivity contribution in [3.8, 4) is 0 Å². The number of aromatic nitrogens is 2. The van der Waals surface area contributed by atoms with E-state index in [-0.39, 0.29) is 6.04 Å². The fourth-order valence-electron chi connectivity index (χ4n) is 3.68. The van der Waals surface area contributed by atoms with E-state index in [4.69, 9.17) is 17.3 Å². The molecule has 3 aromatic rings. The Labute approximate surface area is 146 Å². The summed E-state index contributed by atoms with van der Waals surface area (Å²) in [4.78, 5) is 10.0. The molecular formula is C19H21ClN4.